The topological polar surface area (TPSA) is 29.5 Å². The van der Waals surface area contributed by atoms with Crippen LogP contribution < -0.4 is 4.74 Å². The van der Waals surface area contributed by atoms with Crippen LogP contribution in [-0.4, -0.2) is 11.7 Å². The van der Waals surface area contributed by atoms with Crippen LogP contribution in [0.15, 0.2) is 54.6 Å². The molecule has 0 saturated heterocycles. The number of rotatable bonds is 8. The molecule has 0 amide bonds. The molecule has 0 bridgehead atoms. The highest BCUT2D eigenvalue weighted by atomic mass is 16.5. The molecular formula is C19H24O2. The van der Waals surface area contributed by atoms with Gasteiger partial charge in [0.05, 0.1) is 12.7 Å². The highest BCUT2D eigenvalue weighted by Gasteiger charge is 2.08. The molecular weight excluding hydrogens is 260 g/mol. The zero-order valence-corrected chi connectivity index (χ0v) is 12.7. The number of aliphatic hydroxyl groups is 1. The van der Waals surface area contributed by atoms with E-state index in [1.54, 1.807) is 0 Å². The fraction of sp³-hybridized carbons (Fsp3) is 0.368. The number of hydrogen-bond donors (Lipinski definition) is 1. The van der Waals surface area contributed by atoms with Crippen LogP contribution in [0.4, 0.5) is 0 Å². The molecule has 112 valence electrons. The van der Waals surface area contributed by atoms with Gasteiger partial charge in [0.2, 0.25) is 0 Å². The molecule has 0 aromatic heterocycles. The maximum absolute atomic E-state index is 10.3. The Bertz CT molecular complexity index is 522. The predicted octanol–water partition coefficient (Wildman–Crippen LogP) is 4.53. The maximum atomic E-state index is 10.3. The van der Waals surface area contributed by atoms with Crippen molar-refractivity contribution in [3.63, 3.8) is 0 Å². The Labute approximate surface area is 127 Å². The Hall–Kier alpha value is -1.80. The van der Waals surface area contributed by atoms with E-state index in [-0.39, 0.29) is 0 Å². The van der Waals surface area contributed by atoms with E-state index in [1.165, 1.54) is 5.56 Å². The quantitative estimate of drug-likeness (QED) is 0.722. The zero-order chi connectivity index (χ0) is 14.9. The van der Waals surface area contributed by atoms with Gasteiger partial charge in [0.25, 0.3) is 0 Å². The van der Waals surface area contributed by atoms with E-state index in [1.807, 2.05) is 42.5 Å². The standard InChI is InChI=1S/C19H24O2/c1-2-3-14-21-18-11-7-10-17(15-18)19(20)13-12-16-8-5-4-6-9-16/h4-11,15,19-20H,2-3,12-14H2,1H3. The van der Waals surface area contributed by atoms with Gasteiger partial charge >= 0.3 is 0 Å². The zero-order valence-electron chi connectivity index (χ0n) is 12.7. The Morgan fingerprint density at radius 3 is 2.62 bits per heavy atom. The highest BCUT2D eigenvalue weighted by Crippen LogP contribution is 2.23. The van der Waals surface area contributed by atoms with Crippen LogP contribution in [0.2, 0.25) is 0 Å². The van der Waals surface area contributed by atoms with E-state index in [4.69, 9.17) is 4.74 Å². The van der Waals surface area contributed by atoms with E-state index in [2.05, 4.69) is 19.1 Å². The Morgan fingerprint density at radius 2 is 1.86 bits per heavy atom. The molecule has 0 radical (unpaired) electrons. The van der Waals surface area contributed by atoms with Crippen LogP contribution in [0.3, 0.4) is 0 Å². The molecule has 0 saturated carbocycles. The second-order valence-electron chi connectivity index (χ2n) is 5.31. The molecule has 21 heavy (non-hydrogen) atoms. The molecule has 2 aromatic rings. The van der Waals surface area contributed by atoms with Gasteiger partial charge in [-0.25, -0.2) is 0 Å². The van der Waals surface area contributed by atoms with E-state index >= 15 is 0 Å². The molecule has 0 heterocycles. The molecule has 0 aliphatic carbocycles. The van der Waals surface area contributed by atoms with E-state index in [9.17, 15) is 5.11 Å². The highest BCUT2D eigenvalue weighted by molar-refractivity contribution is 5.30. The largest absolute Gasteiger partial charge is 0.494 e. The summed E-state index contributed by atoms with van der Waals surface area (Å²) in [6.45, 7) is 2.88. The molecule has 0 fully saturated rings. The lowest BCUT2D eigenvalue weighted by Gasteiger charge is -2.13. The maximum Gasteiger partial charge on any atom is 0.119 e. The van der Waals surface area contributed by atoms with Crippen molar-refractivity contribution in [2.45, 2.75) is 38.7 Å². The first-order valence-electron chi connectivity index (χ1n) is 7.74. The smallest absolute Gasteiger partial charge is 0.119 e. The van der Waals surface area contributed by atoms with Gasteiger partial charge in [-0.3, -0.25) is 0 Å². The van der Waals surface area contributed by atoms with Gasteiger partial charge in [-0.15, -0.1) is 0 Å². The summed E-state index contributed by atoms with van der Waals surface area (Å²) in [6.07, 6.45) is 3.34. The predicted molar refractivity (Wildman–Crippen MR) is 86.6 cm³/mol. The summed E-state index contributed by atoms with van der Waals surface area (Å²) < 4.78 is 5.69. The summed E-state index contributed by atoms with van der Waals surface area (Å²) in [4.78, 5) is 0. The first-order chi connectivity index (χ1) is 10.3. The number of ether oxygens (including phenoxy) is 1. The number of unbranched alkanes of at least 4 members (excludes halogenated alkanes) is 1. The van der Waals surface area contributed by atoms with Crippen LogP contribution in [0, 0.1) is 0 Å². The summed E-state index contributed by atoms with van der Waals surface area (Å²) >= 11 is 0. The molecule has 2 heteroatoms. The minimum Gasteiger partial charge on any atom is -0.494 e. The number of aliphatic hydroxyl groups excluding tert-OH is 1. The van der Waals surface area contributed by atoms with Gasteiger partial charge in [-0.05, 0) is 42.5 Å². The Morgan fingerprint density at radius 1 is 1.05 bits per heavy atom. The fourth-order valence-electron chi connectivity index (χ4n) is 2.26. The van der Waals surface area contributed by atoms with Crippen LogP contribution in [0.1, 0.15) is 43.4 Å². The number of hydrogen-bond acceptors (Lipinski definition) is 2. The van der Waals surface area contributed by atoms with Crippen LogP contribution in [0.5, 0.6) is 5.75 Å². The molecule has 2 nitrogen and oxygen atoms in total. The summed E-state index contributed by atoms with van der Waals surface area (Å²) in [5.41, 5.74) is 2.19. The average molecular weight is 284 g/mol. The van der Waals surface area contributed by atoms with Gasteiger partial charge in [-0.1, -0.05) is 55.8 Å². The molecule has 1 atom stereocenters. The minimum absolute atomic E-state index is 0.445. The van der Waals surface area contributed by atoms with Crippen molar-refractivity contribution in [2.75, 3.05) is 6.61 Å². The molecule has 0 aliphatic rings. The third kappa shape index (κ3) is 5.24. The van der Waals surface area contributed by atoms with Crippen LogP contribution in [0.25, 0.3) is 0 Å². The first kappa shape index (κ1) is 15.6. The third-order valence-electron chi connectivity index (χ3n) is 3.56. The fourth-order valence-corrected chi connectivity index (χ4v) is 2.26. The molecule has 1 unspecified atom stereocenters. The van der Waals surface area contributed by atoms with Crippen molar-refractivity contribution >= 4 is 0 Å². The summed E-state index contributed by atoms with van der Waals surface area (Å²) in [5, 5.41) is 10.3. The van der Waals surface area contributed by atoms with E-state index in [0.717, 1.165) is 43.6 Å². The monoisotopic (exact) mass is 284 g/mol. The van der Waals surface area contributed by atoms with Crippen molar-refractivity contribution in [1.29, 1.82) is 0 Å². The lowest BCUT2D eigenvalue weighted by atomic mass is 10.0. The molecule has 2 rings (SSSR count). The normalized spacial score (nSPS) is 12.1. The van der Waals surface area contributed by atoms with Gasteiger partial charge in [0, 0.05) is 0 Å². The lowest BCUT2D eigenvalue weighted by Crippen LogP contribution is -2.01. The molecule has 0 aliphatic heterocycles. The summed E-state index contributed by atoms with van der Waals surface area (Å²) in [5.74, 6) is 0.847. The molecule has 0 spiro atoms. The van der Waals surface area contributed by atoms with E-state index < -0.39 is 6.10 Å². The molecule has 2 aromatic carbocycles. The Balaban J connectivity index is 1.89. The van der Waals surface area contributed by atoms with Crippen LogP contribution in [-0.2, 0) is 6.42 Å². The van der Waals surface area contributed by atoms with E-state index in [0.29, 0.717) is 0 Å². The van der Waals surface area contributed by atoms with Crippen molar-refractivity contribution in [3.8, 4) is 5.75 Å². The number of benzene rings is 2. The lowest BCUT2D eigenvalue weighted by molar-refractivity contribution is 0.167. The summed E-state index contributed by atoms with van der Waals surface area (Å²) in [7, 11) is 0. The minimum atomic E-state index is -0.445. The van der Waals surface area contributed by atoms with Gasteiger partial charge < -0.3 is 9.84 Å². The average Bonchev–Trinajstić information content (AvgIpc) is 2.54. The van der Waals surface area contributed by atoms with Gasteiger partial charge in [0.15, 0.2) is 0 Å². The second-order valence-corrected chi connectivity index (χ2v) is 5.31. The van der Waals surface area contributed by atoms with Crippen molar-refractivity contribution < 1.29 is 9.84 Å². The van der Waals surface area contributed by atoms with Gasteiger partial charge in [0.1, 0.15) is 5.75 Å². The second kappa shape index (κ2) is 8.48. The SMILES string of the molecule is CCCCOc1cccc(C(O)CCc2ccccc2)c1. The first-order valence-corrected chi connectivity index (χ1v) is 7.74. The van der Waals surface area contributed by atoms with Crippen molar-refractivity contribution in [3.05, 3.63) is 65.7 Å². The van der Waals surface area contributed by atoms with Crippen LogP contribution >= 0.6 is 0 Å². The number of aryl methyl sites for hydroxylation is 1. The Kier molecular flexibility index (Phi) is 6.29. The van der Waals surface area contributed by atoms with Crippen molar-refractivity contribution in [1.82, 2.24) is 0 Å². The van der Waals surface area contributed by atoms with Crippen molar-refractivity contribution in [2.24, 2.45) is 0 Å². The van der Waals surface area contributed by atoms with Gasteiger partial charge in [-0.2, -0.15) is 0 Å². The third-order valence-corrected chi connectivity index (χ3v) is 3.56. The summed E-state index contributed by atoms with van der Waals surface area (Å²) in [6, 6.07) is 18.1. The molecule has 1 N–H and O–H groups in total.